The average Bonchev–Trinajstić information content (AvgIpc) is 2.38. The first-order valence-electron chi connectivity index (χ1n) is 6.58. The largest absolute Gasteiger partial charge is 0.495 e. The van der Waals surface area contributed by atoms with Crippen LogP contribution in [0.4, 0.5) is 0 Å². The molecule has 4 nitrogen and oxygen atoms in total. The van der Waals surface area contributed by atoms with Gasteiger partial charge in [-0.2, -0.15) is 0 Å². The van der Waals surface area contributed by atoms with Gasteiger partial charge >= 0.3 is 0 Å². The van der Waals surface area contributed by atoms with E-state index in [1.807, 2.05) is 26.0 Å². The van der Waals surface area contributed by atoms with E-state index >= 15 is 0 Å². The number of hydrogen-bond donors (Lipinski definition) is 1. The second-order valence-electron chi connectivity index (χ2n) is 4.05. The summed E-state index contributed by atoms with van der Waals surface area (Å²) < 4.78 is 18.3. The van der Waals surface area contributed by atoms with Crippen molar-refractivity contribution in [2.24, 2.45) is 0 Å². The Morgan fingerprint density at radius 1 is 1.15 bits per heavy atom. The van der Waals surface area contributed by atoms with Crippen LogP contribution in [0.15, 0.2) is 21.1 Å². The van der Waals surface area contributed by atoms with Gasteiger partial charge in [0.25, 0.3) is 0 Å². The van der Waals surface area contributed by atoms with Crippen molar-refractivity contribution < 1.29 is 14.2 Å². The Kier molecular flexibility index (Phi) is 8.72. The van der Waals surface area contributed by atoms with Gasteiger partial charge in [0.1, 0.15) is 5.75 Å². The molecule has 0 aliphatic carbocycles. The predicted molar refractivity (Wildman–Crippen MR) is 87.1 cm³/mol. The van der Waals surface area contributed by atoms with Gasteiger partial charge in [0.05, 0.1) is 11.6 Å². The molecular formula is C14H21Br2NO3. The molecule has 6 heteroatoms. The van der Waals surface area contributed by atoms with Crippen molar-refractivity contribution in [3.63, 3.8) is 0 Å². The molecule has 0 atom stereocenters. The normalized spacial score (nSPS) is 11.1. The molecule has 0 aromatic heterocycles. The summed E-state index contributed by atoms with van der Waals surface area (Å²) in [5.41, 5.74) is 1.07. The number of ether oxygens (including phenoxy) is 3. The third kappa shape index (κ3) is 5.69. The molecule has 0 amide bonds. The molecule has 0 aliphatic heterocycles. The van der Waals surface area contributed by atoms with Gasteiger partial charge in [-0.3, -0.25) is 0 Å². The van der Waals surface area contributed by atoms with Crippen LogP contribution in [0.1, 0.15) is 19.4 Å². The van der Waals surface area contributed by atoms with Gasteiger partial charge in [-0.15, -0.1) is 0 Å². The maximum absolute atomic E-state index is 5.49. The van der Waals surface area contributed by atoms with E-state index in [9.17, 15) is 0 Å². The van der Waals surface area contributed by atoms with Gasteiger partial charge in [0, 0.05) is 36.3 Å². The van der Waals surface area contributed by atoms with E-state index in [1.165, 1.54) is 0 Å². The number of methoxy groups -OCH3 is 1. The van der Waals surface area contributed by atoms with Crippen LogP contribution in [0.3, 0.4) is 0 Å². The van der Waals surface area contributed by atoms with Crippen molar-refractivity contribution in [1.29, 1.82) is 0 Å². The van der Waals surface area contributed by atoms with Crippen molar-refractivity contribution in [1.82, 2.24) is 5.32 Å². The lowest BCUT2D eigenvalue weighted by atomic mass is 10.2. The van der Waals surface area contributed by atoms with Gasteiger partial charge in [0.15, 0.2) is 6.29 Å². The Morgan fingerprint density at radius 3 is 2.35 bits per heavy atom. The van der Waals surface area contributed by atoms with Crippen LogP contribution in [0.25, 0.3) is 0 Å². The van der Waals surface area contributed by atoms with Gasteiger partial charge in [-0.1, -0.05) is 15.9 Å². The van der Waals surface area contributed by atoms with E-state index in [4.69, 9.17) is 14.2 Å². The molecule has 1 N–H and O–H groups in total. The highest BCUT2D eigenvalue weighted by molar-refractivity contribution is 9.11. The molecule has 1 rings (SSSR count). The highest BCUT2D eigenvalue weighted by Crippen LogP contribution is 2.32. The molecule has 0 radical (unpaired) electrons. The number of halogens is 2. The number of rotatable bonds is 9. The van der Waals surface area contributed by atoms with Crippen molar-refractivity contribution in [2.45, 2.75) is 26.7 Å². The second-order valence-corrected chi connectivity index (χ2v) is 5.82. The Morgan fingerprint density at radius 2 is 1.80 bits per heavy atom. The molecule has 0 spiro atoms. The first-order chi connectivity index (χ1) is 9.62. The molecule has 0 fully saturated rings. The number of hydrogen-bond acceptors (Lipinski definition) is 4. The van der Waals surface area contributed by atoms with Gasteiger partial charge in [-0.25, -0.2) is 0 Å². The van der Waals surface area contributed by atoms with Gasteiger partial charge in [0.2, 0.25) is 0 Å². The SMILES string of the molecule is CCOC(CNCc1cc(Br)cc(Br)c1OC)OCC. The summed E-state index contributed by atoms with van der Waals surface area (Å²) in [4.78, 5) is 0. The average molecular weight is 411 g/mol. The van der Waals surface area contributed by atoms with Crippen LogP contribution in [0.2, 0.25) is 0 Å². The summed E-state index contributed by atoms with van der Waals surface area (Å²) in [7, 11) is 1.67. The summed E-state index contributed by atoms with van der Waals surface area (Å²) in [6, 6.07) is 4.00. The lowest BCUT2D eigenvalue weighted by Gasteiger charge is -2.18. The third-order valence-corrected chi connectivity index (χ3v) is 3.67. The zero-order chi connectivity index (χ0) is 15.0. The lowest BCUT2D eigenvalue weighted by molar-refractivity contribution is -0.133. The Hall–Kier alpha value is -0.140. The summed E-state index contributed by atoms with van der Waals surface area (Å²) in [6.07, 6.45) is -0.216. The molecule has 20 heavy (non-hydrogen) atoms. The fourth-order valence-corrected chi connectivity index (χ4v) is 3.31. The first-order valence-corrected chi connectivity index (χ1v) is 8.16. The maximum atomic E-state index is 5.49. The van der Waals surface area contributed by atoms with Crippen molar-refractivity contribution in [3.05, 3.63) is 26.6 Å². The van der Waals surface area contributed by atoms with E-state index in [-0.39, 0.29) is 6.29 Å². The van der Waals surface area contributed by atoms with Gasteiger partial charge in [-0.05, 0) is 41.9 Å². The minimum absolute atomic E-state index is 0.216. The Labute approximate surface area is 137 Å². The quantitative estimate of drug-likeness (QED) is 0.630. The molecule has 0 unspecified atom stereocenters. The van der Waals surface area contributed by atoms with Crippen LogP contribution in [-0.4, -0.2) is 33.2 Å². The second kappa shape index (κ2) is 9.73. The van der Waals surface area contributed by atoms with Gasteiger partial charge < -0.3 is 19.5 Å². The summed E-state index contributed by atoms with van der Waals surface area (Å²) in [5, 5.41) is 3.33. The molecular weight excluding hydrogens is 390 g/mol. The van der Waals surface area contributed by atoms with Crippen LogP contribution >= 0.6 is 31.9 Å². The fraction of sp³-hybridized carbons (Fsp3) is 0.571. The third-order valence-electron chi connectivity index (χ3n) is 2.62. The topological polar surface area (TPSA) is 39.7 Å². The van der Waals surface area contributed by atoms with Crippen molar-refractivity contribution in [3.8, 4) is 5.75 Å². The van der Waals surface area contributed by atoms with E-state index in [2.05, 4.69) is 37.2 Å². The fourth-order valence-electron chi connectivity index (χ4n) is 1.84. The highest BCUT2D eigenvalue weighted by atomic mass is 79.9. The van der Waals surface area contributed by atoms with Crippen LogP contribution in [-0.2, 0) is 16.0 Å². The first kappa shape index (κ1) is 17.9. The van der Waals surface area contributed by atoms with E-state index in [1.54, 1.807) is 7.11 Å². The Bertz CT molecular complexity index is 410. The predicted octanol–water partition coefficient (Wildman–Crippen LogP) is 3.71. The minimum Gasteiger partial charge on any atom is -0.495 e. The monoisotopic (exact) mass is 409 g/mol. The van der Waals surface area contributed by atoms with Crippen molar-refractivity contribution in [2.75, 3.05) is 26.9 Å². The highest BCUT2D eigenvalue weighted by Gasteiger charge is 2.11. The molecule has 114 valence electrons. The lowest BCUT2D eigenvalue weighted by Crippen LogP contribution is -2.31. The number of nitrogens with one attached hydrogen (secondary N) is 1. The molecule has 1 aromatic carbocycles. The van der Waals surface area contributed by atoms with Crippen LogP contribution in [0, 0.1) is 0 Å². The molecule has 1 aromatic rings. The van der Waals surface area contributed by atoms with Crippen LogP contribution in [0.5, 0.6) is 5.75 Å². The molecule has 0 bridgehead atoms. The molecule has 0 saturated heterocycles. The van der Waals surface area contributed by atoms with E-state index in [0.29, 0.717) is 26.3 Å². The zero-order valence-corrected chi connectivity index (χ0v) is 15.2. The summed E-state index contributed by atoms with van der Waals surface area (Å²) in [5.74, 6) is 0.838. The van der Waals surface area contributed by atoms with Crippen LogP contribution < -0.4 is 10.1 Å². The van der Waals surface area contributed by atoms with Crippen molar-refractivity contribution >= 4 is 31.9 Å². The van der Waals surface area contributed by atoms with E-state index < -0.39 is 0 Å². The standard InChI is InChI=1S/C14H21Br2NO3/c1-4-19-13(20-5-2)9-17-8-10-6-11(15)7-12(16)14(10)18-3/h6-7,13,17H,4-5,8-9H2,1-3H3. The number of benzene rings is 1. The zero-order valence-electron chi connectivity index (χ0n) is 12.0. The maximum Gasteiger partial charge on any atom is 0.169 e. The minimum atomic E-state index is -0.216. The van der Waals surface area contributed by atoms with E-state index in [0.717, 1.165) is 20.3 Å². The summed E-state index contributed by atoms with van der Waals surface area (Å²) >= 11 is 6.98. The summed E-state index contributed by atoms with van der Waals surface area (Å²) in [6.45, 7) is 6.50. The molecule has 0 saturated carbocycles. The molecule has 0 heterocycles. The Balaban J connectivity index is 2.60. The smallest absolute Gasteiger partial charge is 0.169 e. The molecule has 0 aliphatic rings.